The Kier molecular flexibility index (Phi) is 4.22. The molecule has 2 amide bonds. The molecule has 1 aromatic carbocycles. The molecular formula is C13H17N3O3. The third-order valence-electron chi connectivity index (χ3n) is 2.71. The van der Waals surface area contributed by atoms with Gasteiger partial charge in [-0.25, -0.2) is 0 Å². The summed E-state index contributed by atoms with van der Waals surface area (Å²) in [4.78, 5) is 23.3. The molecule has 0 atom stereocenters. The fourth-order valence-electron chi connectivity index (χ4n) is 1.86. The van der Waals surface area contributed by atoms with E-state index in [1.165, 1.54) is 0 Å². The minimum atomic E-state index is -0.313. The smallest absolute Gasteiger partial charge is 0.255 e. The maximum Gasteiger partial charge on any atom is 0.255 e. The predicted octanol–water partition coefficient (Wildman–Crippen LogP) is 0.357. The number of ether oxygens (including phenoxy) is 1. The van der Waals surface area contributed by atoms with Crippen LogP contribution in [-0.2, 0) is 4.79 Å². The molecule has 0 unspecified atom stereocenters. The lowest BCUT2D eigenvalue weighted by Crippen LogP contribution is -2.37. The molecule has 0 aliphatic carbocycles. The molecule has 3 N–H and O–H groups in total. The zero-order chi connectivity index (χ0) is 13.7. The Balaban J connectivity index is 2.05. The quantitative estimate of drug-likeness (QED) is 0.732. The molecular weight excluding hydrogens is 246 g/mol. The maximum atomic E-state index is 12.0. The summed E-state index contributed by atoms with van der Waals surface area (Å²) >= 11 is 0. The van der Waals surface area contributed by atoms with Gasteiger partial charge in [0, 0.05) is 13.1 Å². The van der Waals surface area contributed by atoms with E-state index in [2.05, 4.69) is 16.0 Å². The molecule has 0 bridgehead atoms. The number of rotatable bonds is 4. The summed E-state index contributed by atoms with van der Waals surface area (Å²) in [6, 6.07) is 5.31. The average Bonchev–Trinajstić information content (AvgIpc) is 2.44. The van der Waals surface area contributed by atoms with Crippen molar-refractivity contribution in [2.24, 2.45) is 0 Å². The van der Waals surface area contributed by atoms with Gasteiger partial charge in [-0.1, -0.05) is 6.07 Å². The Morgan fingerprint density at radius 3 is 3.00 bits per heavy atom. The van der Waals surface area contributed by atoms with Crippen LogP contribution in [0, 0.1) is 0 Å². The first-order valence-corrected chi connectivity index (χ1v) is 6.27. The number of anilines is 1. The molecule has 0 saturated carbocycles. The van der Waals surface area contributed by atoms with Crippen LogP contribution in [0.25, 0.3) is 0 Å². The van der Waals surface area contributed by atoms with E-state index in [4.69, 9.17) is 4.74 Å². The van der Waals surface area contributed by atoms with Crippen molar-refractivity contribution in [2.45, 2.75) is 6.92 Å². The van der Waals surface area contributed by atoms with Crippen LogP contribution in [0.2, 0.25) is 0 Å². The maximum absolute atomic E-state index is 12.0. The monoisotopic (exact) mass is 263 g/mol. The van der Waals surface area contributed by atoms with E-state index in [0.717, 1.165) is 12.2 Å². The largest absolute Gasteiger partial charge is 0.489 e. The van der Waals surface area contributed by atoms with Crippen molar-refractivity contribution < 1.29 is 14.3 Å². The molecule has 1 aromatic rings. The minimum absolute atomic E-state index is 0.0379. The molecule has 0 radical (unpaired) electrons. The van der Waals surface area contributed by atoms with Gasteiger partial charge >= 0.3 is 0 Å². The van der Waals surface area contributed by atoms with Crippen LogP contribution in [-0.4, -0.2) is 38.1 Å². The molecule has 1 heterocycles. The van der Waals surface area contributed by atoms with Gasteiger partial charge in [-0.3, -0.25) is 9.59 Å². The number of nitrogens with one attached hydrogen (secondary N) is 3. The van der Waals surface area contributed by atoms with Crippen molar-refractivity contribution in [2.75, 3.05) is 31.6 Å². The molecule has 1 aliphatic rings. The molecule has 6 nitrogen and oxygen atoms in total. The van der Waals surface area contributed by atoms with E-state index in [1.807, 2.05) is 13.0 Å². The number of hydrogen-bond acceptors (Lipinski definition) is 4. The van der Waals surface area contributed by atoms with Crippen molar-refractivity contribution in [1.82, 2.24) is 10.6 Å². The van der Waals surface area contributed by atoms with Crippen LogP contribution < -0.4 is 20.7 Å². The second kappa shape index (κ2) is 6.08. The lowest BCUT2D eigenvalue weighted by Gasteiger charge is -2.21. The zero-order valence-corrected chi connectivity index (χ0v) is 10.8. The number of hydrogen-bond donors (Lipinski definition) is 3. The average molecular weight is 263 g/mol. The van der Waals surface area contributed by atoms with Gasteiger partial charge in [0.05, 0.1) is 17.8 Å². The van der Waals surface area contributed by atoms with Gasteiger partial charge in [0.15, 0.2) is 5.75 Å². The van der Waals surface area contributed by atoms with Gasteiger partial charge < -0.3 is 20.7 Å². The van der Waals surface area contributed by atoms with Crippen LogP contribution in [0.5, 0.6) is 5.75 Å². The first-order chi connectivity index (χ1) is 9.22. The summed E-state index contributed by atoms with van der Waals surface area (Å²) in [5.74, 6) is 0.0219. The van der Waals surface area contributed by atoms with E-state index in [9.17, 15) is 9.59 Å². The first kappa shape index (κ1) is 13.2. The van der Waals surface area contributed by atoms with Gasteiger partial charge in [0.1, 0.15) is 6.61 Å². The van der Waals surface area contributed by atoms with Crippen molar-refractivity contribution in [3.8, 4) is 5.75 Å². The highest BCUT2D eigenvalue weighted by Gasteiger charge is 2.19. The summed E-state index contributed by atoms with van der Waals surface area (Å²) < 4.78 is 5.51. The summed E-state index contributed by atoms with van der Waals surface area (Å²) in [7, 11) is 0. The van der Waals surface area contributed by atoms with E-state index in [0.29, 0.717) is 24.5 Å². The highest BCUT2D eigenvalue weighted by molar-refractivity contribution is 6.00. The third-order valence-corrected chi connectivity index (χ3v) is 2.71. The van der Waals surface area contributed by atoms with Gasteiger partial charge in [-0.15, -0.1) is 0 Å². The Morgan fingerprint density at radius 2 is 2.21 bits per heavy atom. The second-order valence-corrected chi connectivity index (χ2v) is 4.09. The van der Waals surface area contributed by atoms with Gasteiger partial charge in [0.25, 0.3) is 5.91 Å². The molecule has 6 heteroatoms. The predicted molar refractivity (Wildman–Crippen MR) is 71.4 cm³/mol. The number of para-hydroxylation sites is 1. The molecule has 0 fully saturated rings. The van der Waals surface area contributed by atoms with Crippen LogP contribution in [0.15, 0.2) is 18.2 Å². The van der Waals surface area contributed by atoms with Crippen molar-refractivity contribution >= 4 is 17.5 Å². The Labute approximate surface area is 111 Å². The number of benzene rings is 1. The Hall–Kier alpha value is -2.24. The first-order valence-electron chi connectivity index (χ1n) is 6.27. The van der Waals surface area contributed by atoms with Gasteiger partial charge in [-0.2, -0.15) is 0 Å². The van der Waals surface area contributed by atoms with Crippen molar-refractivity contribution in [3.05, 3.63) is 23.8 Å². The van der Waals surface area contributed by atoms with Crippen LogP contribution in [0.1, 0.15) is 17.3 Å². The van der Waals surface area contributed by atoms with Crippen LogP contribution >= 0.6 is 0 Å². The van der Waals surface area contributed by atoms with E-state index in [1.54, 1.807) is 12.1 Å². The SMILES string of the molecule is CCNC(=O)CNC(=O)c1cccc2c1OCCN2. The molecule has 2 rings (SSSR count). The number of carbonyl (C=O) groups is 2. The Bertz CT molecular complexity index is 488. The molecule has 1 aliphatic heterocycles. The van der Waals surface area contributed by atoms with Gasteiger partial charge in [-0.05, 0) is 19.1 Å². The molecule has 0 aromatic heterocycles. The summed E-state index contributed by atoms with van der Waals surface area (Å²) in [6.45, 7) is 3.57. The fraction of sp³-hybridized carbons (Fsp3) is 0.385. The van der Waals surface area contributed by atoms with Crippen LogP contribution in [0.4, 0.5) is 5.69 Å². The van der Waals surface area contributed by atoms with Crippen molar-refractivity contribution in [3.63, 3.8) is 0 Å². The van der Waals surface area contributed by atoms with Gasteiger partial charge in [0.2, 0.25) is 5.91 Å². The number of fused-ring (bicyclic) bond motifs is 1. The van der Waals surface area contributed by atoms with E-state index >= 15 is 0 Å². The van der Waals surface area contributed by atoms with E-state index in [-0.39, 0.29) is 18.4 Å². The normalized spacial score (nSPS) is 12.7. The van der Waals surface area contributed by atoms with Crippen LogP contribution in [0.3, 0.4) is 0 Å². The number of likely N-dealkylation sites (N-methyl/N-ethyl adjacent to an activating group) is 1. The second-order valence-electron chi connectivity index (χ2n) is 4.09. The lowest BCUT2D eigenvalue weighted by molar-refractivity contribution is -0.120. The zero-order valence-electron chi connectivity index (χ0n) is 10.8. The number of amides is 2. The van der Waals surface area contributed by atoms with Crippen molar-refractivity contribution in [1.29, 1.82) is 0 Å². The van der Waals surface area contributed by atoms with E-state index < -0.39 is 0 Å². The summed E-state index contributed by atoms with van der Waals surface area (Å²) in [6.07, 6.45) is 0. The highest BCUT2D eigenvalue weighted by Crippen LogP contribution is 2.30. The topological polar surface area (TPSA) is 79.5 Å². The summed E-state index contributed by atoms with van der Waals surface area (Å²) in [5, 5.41) is 8.35. The highest BCUT2D eigenvalue weighted by atomic mass is 16.5. The Morgan fingerprint density at radius 1 is 1.37 bits per heavy atom. The third kappa shape index (κ3) is 3.15. The fourth-order valence-corrected chi connectivity index (χ4v) is 1.86. The molecule has 102 valence electrons. The molecule has 0 saturated heterocycles. The lowest BCUT2D eigenvalue weighted by atomic mass is 10.1. The molecule has 0 spiro atoms. The minimum Gasteiger partial charge on any atom is -0.489 e. The number of carbonyl (C=O) groups excluding carboxylic acids is 2. The standard InChI is InChI=1S/C13H17N3O3/c1-2-14-11(17)8-16-13(18)9-4-3-5-10-12(9)19-7-6-15-10/h3-5,15H,2,6-8H2,1H3,(H,14,17)(H,16,18). The molecule has 19 heavy (non-hydrogen) atoms. The summed E-state index contributed by atoms with van der Waals surface area (Å²) in [5.41, 5.74) is 1.24.